The molecule has 6 nitrogen and oxygen atoms in total. The van der Waals surface area contributed by atoms with Crippen LogP contribution in [0.3, 0.4) is 0 Å². The number of rotatable bonds is 5. The fourth-order valence-corrected chi connectivity index (χ4v) is 3.99. The van der Waals surface area contributed by atoms with E-state index in [0.717, 1.165) is 22.2 Å². The number of hydrogen-bond acceptors (Lipinski definition) is 5. The van der Waals surface area contributed by atoms with Crippen LogP contribution in [0.5, 0.6) is 0 Å². The van der Waals surface area contributed by atoms with Gasteiger partial charge in [-0.15, -0.1) is 0 Å². The summed E-state index contributed by atoms with van der Waals surface area (Å²) in [4.78, 5) is 17.0. The number of furan rings is 1. The van der Waals surface area contributed by atoms with E-state index in [1.807, 2.05) is 48.5 Å². The normalized spacial score (nSPS) is 10.9. The first-order valence-electron chi connectivity index (χ1n) is 10.6. The van der Waals surface area contributed by atoms with Gasteiger partial charge in [-0.1, -0.05) is 47.5 Å². The van der Waals surface area contributed by atoms with Gasteiger partial charge < -0.3 is 14.2 Å². The third kappa shape index (κ3) is 5.22. The maximum Gasteiger partial charge on any atom is 0.293 e. The second kappa shape index (κ2) is 9.92. The van der Waals surface area contributed by atoms with Crippen molar-refractivity contribution in [2.75, 3.05) is 0 Å². The van der Waals surface area contributed by atoms with Crippen LogP contribution in [0.2, 0.25) is 10.0 Å². The number of para-hydroxylation sites is 2. The van der Waals surface area contributed by atoms with Gasteiger partial charge in [0.25, 0.3) is 5.91 Å². The van der Waals surface area contributed by atoms with E-state index < -0.39 is 5.91 Å². The van der Waals surface area contributed by atoms with Gasteiger partial charge >= 0.3 is 0 Å². The number of halogens is 2. The molecule has 3 aromatic carbocycles. The second-order valence-electron chi connectivity index (χ2n) is 7.61. The van der Waals surface area contributed by atoms with Crippen LogP contribution in [0.15, 0.2) is 87.7 Å². The molecule has 0 spiro atoms. The Kier molecular flexibility index (Phi) is 6.55. The molecule has 2 heterocycles. The molecule has 0 radical (unpaired) electrons. The van der Waals surface area contributed by atoms with Crippen molar-refractivity contribution < 1.29 is 13.6 Å². The summed E-state index contributed by atoms with van der Waals surface area (Å²) in [7, 11) is 0. The Hall–Kier alpha value is -3.65. The third-order valence-electron chi connectivity index (χ3n) is 5.20. The number of nitrogens with zero attached hydrogens (tertiary/aromatic N) is 1. The molecule has 174 valence electrons. The lowest BCUT2D eigenvalue weighted by molar-refractivity contribution is 0.0950. The van der Waals surface area contributed by atoms with Gasteiger partial charge in [0, 0.05) is 22.7 Å². The third-order valence-corrected chi connectivity index (χ3v) is 6.01. The first kappa shape index (κ1) is 23.1. The number of carbonyl (C=O) groups excluding carboxylic acids is 1. The maximum atomic E-state index is 12.5. The minimum atomic E-state index is -0.474. The number of aromatic nitrogens is 1. The number of benzene rings is 3. The van der Waals surface area contributed by atoms with E-state index in [1.165, 1.54) is 0 Å². The van der Waals surface area contributed by atoms with Gasteiger partial charge in [0.05, 0.1) is 5.02 Å². The summed E-state index contributed by atoms with van der Waals surface area (Å²) in [5, 5.41) is 6.79. The molecular formula is C26H17Cl2N3O3S. The highest BCUT2D eigenvalue weighted by Crippen LogP contribution is 2.31. The summed E-state index contributed by atoms with van der Waals surface area (Å²) >= 11 is 17.5. The molecule has 9 heteroatoms. The van der Waals surface area contributed by atoms with Gasteiger partial charge in [0.1, 0.15) is 11.3 Å². The summed E-state index contributed by atoms with van der Waals surface area (Å²) in [6, 6.07) is 23.6. The highest BCUT2D eigenvalue weighted by atomic mass is 35.5. The van der Waals surface area contributed by atoms with Crippen molar-refractivity contribution in [2.24, 2.45) is 0 Å². The molecule has 0 aliphatic carbocycles. The van der Waals surface area contributed by atoms with Crippen LogP contribution in [0.4, 0.5) is 0 Å². The lowest BCUT2D eigenvalue weighted by atomic mass is 10.1. The zero-order valence-electron chi connectivity index (χ0n) is 18.0. The predicted octanol–water partition coefficient (Wildman–Crippen LogP) is 6.87. The highest BCUT2D eigenvalue weighted by molar-refractivity contribution is 7.80. The monoisotopic (exact) mass is 521 g/mol. The quantitative estimate of drug-likeness (QED) is 0.245. The van der Waals surface area contributed by atoms with Gasteiger partial charge in [-0.25, -0.2) is 4.98 Å². The second-order valence-corrected chi connectivity index (χ2v) is 8.86. The molecule has 2 N–H and O–H groups in total. The Morgan fingerprint density at radius 1 is 0.943 bits per heavy atom. The Labute approximate surface area is 215 Å². The van der Waals surface area contributed by atoms with E-state index in [9.17, 15) is 4.79 Å². The molecule has 0 fully saturated rings. The van der Waals surface area contributed by atoms with Crippen molar-refractivity contribution in [1.29, 1.82) is 0 Å². The molecule has 0 saturated heterocycles. The zero-order valence-corrected chi connectivity index (χ0v) is 20.4. The fraction of sp³-hybridized carbons (Fsp3) is 0.0385. The van der Waals surface area contributed by atoms with Gasteiger partial charge in [0.2, 0.25) is 5.89 Å². The summed E-state index contributed by atoms with van der Waals surface area (Å²) in [6.45, 7) is 0.425. The average Bonchev–Trinajstić information content (AvgIpc) is 3.52. The molecule has 0 saturated carbocycles. The van der Waals surface area contributed by atoms with Gasteiger partial charge in [-0.2, -0.15) is 0 Å². The molecule has 0 unspecified atom stereocenters. The molecule has 0 atom stereocenters. The molecule has 0 aliphatic rings. The van der Waals surface area contributed by atoms with Crippen molar-refractivity contribution in [3.63, 3.8) is 0 Å². The first-order chi connectivity index (χ1) is 17.0. The number of nitrogens with one attached hydrogen (secondary N) is 2. The van der Waals surface area contributed by atoms with Gasteiger partial charge in [-0.05, 0) is 72.4 Å². The van der Waals surface area contributed by atoms with E-state index >= 15 is 0 Å². The zero-order chi connectivity index (χ0) is 24.4. The van der Waals surface area contributed by atoms with E-state index in [0.29, 0.717) is 33.8 Å². The SMILES string of the molecule is O=C(NC(=S)NCc1ccc(-c2nc3ccccc3o2)cc1)c1ccc(-c2cc(Cl)ccc2Cl)o1. The fourth-order valence-electron chi connectivity index (χ4n) is 3.44. The maximum absolute atomic E-state index is 12.5. The van der Waals surface area contributed by atoms with Crippen LogP contribution in [0.25, 0.3) is 33.9 Å². The largest absolute Gasteiger partial charge is 0.451 e. The summed E-state index contributed by atoms with van der Waals surface area (Å²) in [5.74, 6) is 0.618. The van der Waals surface area contributed by atoms with Crippen LogP contribution in [0.1, 0.15) is 16.1 Å². The van der Waals surface area contributed by atoms with Gasteiger partial charge in [-0.3, -0.25) is 10.1 Å². The Balaban J connectivity index is 1.17. The molecule has 0 aliphatic heterocycles. The Morgan fingerprint density at radius 2 is 1.74 bits per heavy atom. The minimum absolute atomic E-state index is 0.0999. The van der Waals surface area contributed by atoms with Crippen LogP contribution < -0.4 is 10.6 Å². The Morgan fingerprint density at radius 3 is 2.54 bits per heavy atom. The van der Waals surface area contributed by atoms with Crippen LogP contribution in [-0.2, 0) is 6.54 Å². The molecular weight excluding hydrogens is 505 g/mol. The van der Waals surface area contributed by atoms with Crippen LogP contribution >= 0.6 is 35.4 Å². The van der Waals surface area contributed by atoms with Crippen molar-refractivity contribution in [3.05, 3.63) is 100 Å². The molecule has 35 heavy (non-hydrogen) atoms. The number of oxazole rings is 1. The topological polar surface area (TPSA) is 80.3 Å². The van der Waals surface area contributed by atoms with Crippen molar-refractivity contribution in [1.82, 2.24) is 15.6 Å². The number of fused-ring (bicyclic) bond motifs is 1. The molecule has 5 rings (SSSR count). The van der Waals surface area contributed by atoms with Gasteiger partial charge in [0.15, 0.2) is 16.5 Å². The standard InChI is InChI=1S/C26H17Cl2N3O3S/c27-17-9-10-19(28)18(13-17)21-11-12-23(33-21)24(32)31-26(35)29-14-15-5-7-16(8-6-15)25-30-20-3-1-2-4-22(20)34-25/h1-13H,14H2,(H2,29,31,32,35). The van der Waals surface area contributed by atoms with Crippen molar-refractivity contribution >= 4 is 57.5 Å². The first-order valence-corrected chi connectivity index (χ1v) is 11.7. The lowest BCUT2D eigenvalue weighted by Gasteiger charge is -2.09. The molecule has 1 amide bonds. The summed E-state index contributed by atoms with van der Waals surface area (Å²) in [6.07, 6.45) is 0. The summed E-state index contributed by atoms with van der Waals surface area (Å²) < 4.78 is 11.5. The average molecular weight is 522 g/mol. The number of thiocarbonyl (C=S) groups is 1. The molecule has 2 aromatic heterocycles. The van der Waals surface area contributed by atoms with E-state index in [2.05, 4.69) is 15.6 Å². The van der Waals surface area contributed by atoms with Crippen molar-refractivity contribution in [2.45, 2.75) is 6.54 Å². The summed E-state index contributed by atoms with van der Waals surface area (Å²) in [5.41, 5.74) is 3.99. The van der Waals surface area contributed by atoms with Crippen molar-refractivity contribution in [3.8, 4) is 22.8 Å². The minimum Gasteiger partial charge on any atom is -0.451 e. The highest BCUT2D eigenvalue weighted by Gasteiger charge is 2.15. The van der Waals surface area contributed by atoms with E-state index in [1.54, 1.807) is 30.3 Å². The predicted molar refractivity (Wildman–Crippen MR) is 141 cm³/mol. The molecule has 0 bridgehead atoms. The van der Waals surface area contributed by atoms with E-state index in [-0.39, 0.29) is 10.9 Å². The number of hydrogen-bond donors (Lipinski definition) is 2. The molecule has 5 aromatic rings. The number of carbonyl (C=O) groups is 1. The van der Waals surface area contributed by atoms with Crippen LogP contribution in [0, 0.1) is 0 Å². The van der Waals surface area contributed by atoms with E-state index in [4.69, 9.17) is 44.3 Å². The number of amides is 1. The lowest BCUT2D eigenvalue weighted by Crippen LogP contribution is -2.38. The van der Waals surface area contributed by atoms with Crippen LogP contribution in [-0.4, -0.2) is 16.0 Å². The Bertz CT molecular complexity index is 1510. The smallest absolute Gasteiger partial charge is 0.293 e.